The molecule has 2 N–H and O–H groups in total. The zero-order chi connectivity index (χ0) is 21.9. The van der Waals surface area contributed by atoms with E-state index in [1.807, 2.05) is 47.8 Å². The summed E-state index contributed by atoms with van der Waals surface area (Å²) >= 11 is 1.54. The predicted octanol–water partition coefficient (Wildman–Crippen LogP) is 3.07. The van der Waals surface area contributed by atoms with Gasteiger partial charge in [-0.05, 0) is 23.6 Å². The van der Waals surface area contributed by atoms with Crippen molar-refractivity contribution in [2.45, 2.75) is 19.4 Å². The van der Waals surface area contributed by atoms with Gasteiger partial charge >= 0.3 is 0 Å². The summed E-state index contributed by atoms with van der Waals surface area (Å²) in [6.45, 7) is 0.261. The molecule has 0 aliphatic rings. The summed E-state index contributed by atoms with van der Waals surface area (Å²) in [7, 11) is 0. The van der Waals surface area contributed by atoms with Crippen molar-refractivity contribution in [1.29, 1.82) is 0 Å². The van der Waals surface area contributed by atoms with Gasteiger partial charge in [0.05, 0.1) is 29.0 Å². The first-order chi connectivity index (χ1) is 15.7. The number of amides is 1. The molecule has 0 unspecified atom stereocenters. The molecule has 4 aromatic heterocycles. The lowest BCUT2D eigenvalue weighted by Gasteiger charge is -2.05. The summed E-state index contributed by atoms with van der Waals surface area (Å²) in [5, 5.41) is 9.45. The fourth-order valence-electron chi connectivity index (χ4n) is 3.25. The lowest BCUT2D eigenvalue weighted by molar-refractivity contribution is -0.121. The number of rotatable bonds is 7. The minimum atomic E-state index is -0.281. The quantitative estimate of drug-likeness (QED) is 0.397. The second-order valence-electron chi connectivity index (χ2n) is 7.04. The SMILES string of the molecule is O=C(CCc1nc2c(cnn2-c2ccccc2)c(=O)[nH]1)NCc1coc(-c2cccs2)n1. The molecule has 0 radical (unpaired) electrons. The molecule has 0 bridgehead atoms. The number of nitrogens with zero attached hydrogens (tertiary/aromatic N) is 4. The van der Waals surface area contributed by atoms with Gasteiger partial charge in [-0.15, -0.1) is 11.3 Å². The molecule has 0 saturated carbocycles. The fourth-order valence-corrected chi connectivity index (χ4v) is 3.91. The fraction of sp³-hybridized carbons (Fsp3) is 0.136. The Kier molecular flexibility index (Phi) is 5.34. The van der Waals surface area contributed by atoms with Gasteiger partial charge in [0.1, 0.15) is 17.5 Å². The first kappa shape index (κ1) is 19.9. The van der Waals surface area contributed by atoms with E-state index in [1.54, 1.807) is 4.68 Å². The first-order valence-corrected chi connectivity index (χ1v) is 10.8. The van der Waals surface area contributed by atoms with Crippen molar-refractivity contribution in [3.63, 3.8) is 0 Å². The number of H-pyrrole nitrogens is 1. The molecule has 160 valence electrons. The molecule has 0 spiro atoms. The minimum Gasteiger partial charge on any atom is -0.443 e. The van der Waals surface area contributed by atoms with E-state index < -0.39 is 0 Å². The van der Waals surface area contributed by atoms with Crippen LogP contribution < -0.4 is 10.9 Å². The van der Waals surface area contributed by atoms with Gasteiger partial charge in [0, 0.05) is 12.8 Å². The van der Waals surface area contributed by atoms with Crippen LogP contribution in [-0.2, 0) is 17.8 Å². The lowest BCUT2D eigenvalue weighted by Crippen LogP contribution is -2.24. The van der Waals surface area contributed by atoms with Gasteiger partial charge in [-0.2, -0.15) is 5.10 Å². The Balaban J connectivity index is 1.24. The number of carbonyl (C=O) groups excluding carboxylic acids is 1. The van der Waals surface area contributed by atoms with Crippen LogP contribution in [0.25, 0.3) is 27.5 Å². The smallest absolute Gasteiger partial charge is 0.262 e. The van der Waals surface area contributed by atoms with Crippen molar-refractivity contribution < 1.29 is 9.21 Å². The molecular weight excluding hydrogens is 428 g/mol. The number of aromatic amines is 1. The molecule has 10 heteroatoms. The van der Waals surface area contributed by atoms with Gasteiger partial charge in [0.15, 0.2) is 5.65 Å². The predicted molar refractivity (Wildman–Crippen MR) is 119 cm³/mol. The molecule has 0 aliphatic heterocycles. The summed E-state index contributed by atoms with van der Waals surface area (Å²) < 4.78 is 7.07. The molecule has 1 amide bonds. The van der Waals surface area contributed by atoms with Crippen LogP contribution in [0.3, 0.4) is 0 Å². The number of carbonyl (C=O) groups is 1. The number of nitrogens with one attached hydrogen (secondary N) is 2. The summed E-state index contributed by atoms with van der Waals surface area (Å²) in [6, 6.07) is 13.3. The van der Waals surface area contributed by atoms with E-state index >= 15 is 0 Å². The van der Waals surface area contributed by atoms with Crippen molar-refractivity contribution >= 4 is 28.3 Å². The maximum atomic E-state index is 12.4. The van der Waals surface area contributed by atoms with Crippen LogP contribution in [0, 0.1) is 0 Å². The Morgan fingerprint density at radius 1 is 1.16 bits per heavy atom. The third-order valence-electron chi connectivity index (χ3n) is 4.83. The Labute approximate surface area is 185 Å². The van der Waals surface area contributed by atoms with Crippen molar-refractivity contribution in [1.82, 2.24) is 30.0 Å². The Hall–Kier alpha value is -4.05. The second-order valence-corrected chi connectivity index (χ2v) is 7.99. The van der Waals surface area contributed by atoms with E-state index in [4.69, 9.17) is 4.42 Å². The van der Waals surface area contributed by atoms with Crippen molar-refractivity contribution in [3.05, 3.63) is 82.2 Å². The van der Waals surface area contributed by atoms with Crippen LogP contribution in [0.4, 0.5) is 0 Å². The summed E-state index contributed by atoms with van der Waals surface area (Å²) in [5.74, 6) is 0.788. The van der Waals surface area contributed by atoms with Crippen LogP contribution >= 0.6 is 11.3 Å². The molecule has 4 heterocycles. The third kappa shape index (κ3) is 4.08. The van der Waals surface area contributed by atoms with Crippen LogP contribution in [-0.4, -0.2) is 30.6 Å². The number of benzene rings is 1. The van der Waals surface area contributed by atoms with Crippen LogP contribution in [0.15, 0.2) is 69.5 Å². The highest BCUT2D eigenvalue weighted by atomic mass is 32.1. The molecule has 5 rings (SSSR count). The molecule has 0 aliphatic carbocycles. The van der Waals surface area contributed by atoms with E-state index in [2.05, 4.69) is 25.4 Å². The van der Waals surface area contributed by atoms with E-state index in [1.165, 1.54) is 23.8 Å². The number of oxazole rings is 1. The minimum absolute atomic E-state index is 0.170. The first-order valence-electron chi connectivity index (χ1n) is 9.95. The van der Waals surface area contributed by atoms with Crippen LogP contribution in [0.5, 0.6) is 0 Å². The van der Waals surface area contributed by atoms with Gasteiger partial charge in [-0.3, -0.25) is 9.59 Å². The molecule has 0 atom stereocenters. The standard InChI is InChI=1S/C22H18N6O3S/c29-19(23-11-14-13-31-22(25-14)17-7-4-10-32-17)9-8-18-26-20-16(21(30)27-18)12-24-28(20)15-5-2-1-3-6-15/h1-7,10,12-13H,8-9,11H2,(H,23,29)(H,26,27,30). The van der Waals surface area contributed by atoms with Gasteiger partial charge < -0.3 is 14.7 Å². The average Bonchev–Trinajstić information content (AvgIpc) is 3.57. The maximum absolute atomic E-state index is 12.4. The lowest BCUT2D eigenvalue weighted by atomic mass is 10.2. The van der Waals surface area contributed by atoms with E-state index in [0.717, 1.165) is 10.6 Å². The van der Waals surface area contributed by atoms with E-state index in [9.17, 15) is 9.59 Å². The molecule has 5 aromatic rings. The molecular formula is C22H18N6O3S. The second kappa shape index (κ2) is 8.60. The van der Waals surface area contributed by atoms with Crippen LogP contribution in [0.1, 0.15) is 17.9 Å². The molecule has 0 fully saturated rings. The zero-order valence-corrected chi connectivity index (χ0v) is 17.6. The zero-order valence-electron chi connectivity index (χ0n) is 16.8. The molecule has 0 saturated heterocycles. The number of para-hydroxylation sites is 1. The highest BCUT2D eigenvalue weighted by Gasteiger charge is 2.13. The van der Waals surface area contributed by atoms with Crippen molar-refractivity contribution in [3.8, 4) is 16.5 Å². The Morgan fingerprint density at radius 2 is 2.03 bits per heavy atom. The normalized spacial score (nSPS) is 11.1. The Morgan fingerprint density at radius 3 is 2.84 bits per heavy atom. The monoisotopic (exact) mass is 446 g/mol. The van der Waals surface area contributed by atoms with E-state index in [0.29, 0.717) is 28.4 Å². The molecule has 1 aromatic carbocycles. The maximum Gasteiger partial charge on any atom is 0.262 e. The summed E-state index contributed by atoms with van der Waals surface area (Å²) in [4.78, 5) is 37.3. The molecule has 9 nitrogen and oxygen atoms in total. The number of aryl methyl sites for hydroxylation is 1. The van der Waals surface area contributed by atoms with Gasteiger partial charge in [-0.1, -0.05) is 24.3 Å². The topological polar surface area (TPSA) is 119 Å². The third-order valence-corrected chi connectivity index (χ3v) is 5.69. The highest BCUT2D eigenvalue weighted by molar-refractivity contribution is 7.13. The summed E-state index contributed by atoms with van der Waals surface area (Å²) in [6.07, 6.45) is 3.49. The largest absolute Gasteiger partial charge is 0.443 e. The van der Waals surface area contributed by atoms with E-state index in [-0.39, 0.29) is 30.9 Å². The summed E-state index contributed by atoms with van der Waals surface area (Å²) in [5.41, 5.74) is 1.62. The number of hydrogen-bond donors (Lipinski definition) is 2. The number of hydrogen-bond acceptors (Lipinski definition) is 7. The van der Waals surface area contributed by atoms with Gasteiger partial charge in [0.25, 0.3) is 5.56 Å². The number of thiophene rings is 1. The van der Waals surface area contributed by atoms with Crippen LogP contribution in [0.2, 0.25) is 0 Å². The Bertz CT molecular complexity index is 1420. The highest BCUT2D eigenvalue weighted by Crippen LogP contribution is 2.23. The number of fused-ring (bicyclic) bond motifs is 1. The van der Waals surface area contributed by atoms with Gasteiger partial charge in [0.2, 0.25) is 11.8 Å². The molecule has 32 heavy (non-hydrogen) atoms. The van der Waals surface area contributed by atoms with Crippen molar-refractivity contribution in [2.75, 3.05) is 0 Å². The average molecular weight is 446 g/mol. The van der Waals surface area contributed by atoms with Crippen molar-refractivity contribution in [2.24, 2.45) is 0 Å². The number of aromatic nitrogens is 5. The van der Waals surface area contributed by atoms with Gasteiger partial charge in [-0.25, -0.2) is 14.6 Å².